The number of rotatable bonds is 1. The van der Waals surface area contributed by atoms with Crippen molar-refractivity contribution in [3.63, 3.8) is 0 Å². The van der Waals surface area contributed by atoms with Crippen molar-refractivity contribution in [2.45, 2.75) is 18.0 Å². The van der Waals surface area contributed by atoms with Crippen molar-refractivity contribution in [1.82, 2.24) is 0 Å². The number of hydrogen-bond donors (Lipinski definition) is 1. The SMILES string of the molecule is OC(c1cc(Br)ccc1Br)(C(F)(F)F)C(F)(F)F. The number of hydrogen-bond acceptors (Lipinski definition) is 1. The highest BCUT2D eigenvalue weighted by Crippen LogP contribution is 2.52. The highest BCUT2D eigenvalue weighted by Gasteiger charge is 2.72. The summed E-state index contributed by atoms with van der Waals surface area (Å²) in [4.78, 5) is 0. The van der Waals surface area contributed by atoms with Gasteiger partial charge in [0.1, 0.15) is 0 Å². The fourth-order valence-corrected chi connectivity index (χ4v) is 2.14. The average molecular weight is 402 g/mol. The zero-order chi connectivity index (χ0) is 14.4. The van der Waals surface area contributed by atoms with Gasteiger partial charge in [-0.05, 0) is 18.2 Å². The highest BCUT2D eigenvalue weighted by molar-refractivity contribution is 9.11. The summed E-state index contributed by atoms with van der Waals surface area (Å²) in [5, 5.41) is 9.16. The standard InChI is InChI=1S/C9H4Br2F6O/c10-4-1-2-6(11)5(3-4)7(18,8(12,13)14)9(15,16)17/h1-3,18H. The van der Waals surface area contributed by atoms with E-state index in [1.54, 1.807) is 0 Å². The van der Waals surface area contributed by atoms with Gasteiger partial charge in [-0.1, -0.05) is 31.9 Å². The molecule has 1 nitrogen and oxygen atoms in total. The summed E-state index contributed by atoms with van der Waals surface area (Å²) >= 11 is 5.33. The minimum Gasteiger partial charge on any atom is -0.369 e. The van der Waals surface area contributed by atoms with E-state index in [2.05, 4.69) is 31.9 Å². The molecule has 0 heterocycles. The maximum absolute atomic E-state index is 12.6. The summed E-state index contributed by atoms with van der Waals surface area (Å²) < 4.78 is 75.0. The molecule has 0 aliphatic carbocycles. The van der Waals surface area contributed by atoms with E-state index < -0.39 is 28.0 Å². The first-order valence-corrected chi connectivity index (χ1v) is 5.81. The molecule has 0 aromatic heterocycles. The molecule has 1 aromatic carbocycles. The number of aliphatic hydroxyl groups is 1. The topological polar surface area (TPSA) is 20.2 Å². The van der Waals surface area contributed by atoms with E-state index in [9.17, 15) is 26.3 Å². The Morgan fingerprint density at radius 3 is 1.72 bits per heavy atom. The quantitative estimate of drug-likeness (QED) is 0.686. The lowest BCUT2D eigenvalue weighted by atomic mass is 9.92. The second-order valence-electron chi connectivity index (χ2n) is 3.33. The van der Waals surface area contributed by atoms with Crippen molar-refractivity contribution in [2.75, 3.05) is 0 Å². The Morgan fingerprint density at radius 2 is 1.33 bits per heavy atom. The summed E-state index contributed by atoms with van der Waals surface area (Å²) in [7, 11) is 0. The fraction of sp³-hybridized carbons (Fsp3) is 0.333. The molecule has 18 heavy (non-hydrogen) atoms. The second-order valence-corrected chi connectivity index (χ2v) is 5.10. The lowest BCUT2D eigenvalue weighted by Crippen LogP contribution is -2.54. The molecule has 0 bridgehead atoms. The Hall–Kier alpha value is -0.280. The van der Waals surface area contributed by atoms with Gasteiger partial charge in [-0.25, -0.2) is 0 Å². The summed E-state index contributed by atoms with van der Waals surface area (Å²) in [5.41, 5.74) is -6.25. The monoisotopic (exact) mass is 400 g/mol. The summed E-state index contributed by atoms with van der Waals surface area (Å²) in [6, 6.07) is 2.77. The van der Waals surface area contributed by atoms with Crippen LogP contribution in [0.25, 0.3) is 0 Å². The average Bonchev–Trinajstić information content (AvgIpc) is 2.17. The molecule has 9 heteroatoms. The molecule has 0 radical (unpaired) electrons. The van der Waals surface area contributed by atoms with Gasteiger partial charge in [-0.15, -0.1) is 0 Å². The van der Waals surface area contributed by atoms with E-state index >= 15 is 0 Å². The van der Waals surface area contributed by atoms with E-state index in [0.29, 0.717) is 6.07 Å². The molecule has 0 amide bonds. The van der Waals surface area contributed by atoms with Gasteiger partial charge in [-0.2, -0.15) is 26.3 Å². The first kappa shape index (κ1) is 15.8. The molecule has 0 fully saturated rings. The van der Waals surface area contributed by atoms with Crippen molar-refractivity contribution in [3.8, 4) is 0 Å². The molecule has 102 valence electrons. The highest BCUT2D eigenvalue weighted by atomic mass is 79.9. The van der Waals surface area contributed by atoms with Gasteiger partial charge in [0.25, 0.3) is 5.60 Å². The number of benzene rings is 1. The maximum atomic E-state index is 12.6. The fourth-order valence-electron chi connectivity index (χ4n) is 1.24. The Kier molecular flexibility index (Phi) is 4.10. The Labute approximate surface area is 114 Å². The van der Waals surface area contributed by atoms with Crippen LogP contribution >= 0.6 is 31.9 Å². The summed E-state index contributed by atoms with van der Waals surface area (Å²) in [6.45, 7) is 0. The molecule has 0 atom stereocenters. The number of alkyl halides is 6. The van der Waals surface area contributed by atoms with Gasteiger partial charge in [0.05, 0.1) is 0 Å². The summed E-state index contributed by atoms with van der Waals surface area (Å²) in [5.74, 6) is 0. The molecule has 0 spiro atoms. The lowest BCUT2D eigenvalue weighted by molar-refractivity contribution is -0.376. The second kappa shape index (κ2) is 4.68. The smallest absolute Gasteiger partial charge is 0.369 e. The van der Waals surface area contributed by atoms with Crippen LogP contribution in [0.3, 0.4) is 0 Å². The third-order valence-corrected chi connectivity index (χ3v) is 3.32. The van der Waals surface area contributed by atoms with Crippen LogP contribution in [0.5, 0.6) is 0 Å². The zero-order valence-corrected chi connectivity index (χ0v) is 11.4. The lowest BCUT2D eigenvalue weighted by Gasteiger charge is -2.33. The van der Waals surface area contributed by atoms with Crippen LogP contribution < -0.4 is 0 Å². The molecule has 0 unspecified atom stereocenters. The molecular formula is C9H4Br2F6O. The van der Waals surface area contributed by atoms with Crippen LogP contribution in [0.4, 0.5) is 26.3 Å². The molecule has 1 rings (SSSR count). The third kappa shape index (κ3) is 2.53. The van der Waals surface area contributed by atoms with Crippen LogP contribution in [0.15, 0.2) is 27.1 Å². The molecule has 1 aromatic rings. The van der Waals surface area contributed by atoms with E-state index in [-0.39, 0.29) is 4.47 Å². The van der Waals surface area contributed by atoms with Crippen molar-refractivity contribution in [2.24, 2.45) is 0 Å². The molecule has 0 aliphatic heterocycles. The minimum absolute atomic E-state index is 0.0207. The Bertz CT molecular complexity index is 439. The van der Waals surface area contributed by atoms with Crippen LogP contribution in [0.2, 0.25) is 0 Å². The number of halogens is 8. The first-order chi connectivity index (χ1) is 7.91. The molecule has 0 saturated carbocycles. The van der Waals surface area contributed by atoms with Gasteiger partial charge >= 0.3 is 12.4 Å². The van der Waals surface area contributed by atoms with Crippen molar-refractivity contribution < 1.29 is 31.4 Å². The third-order valence-electron chi connectivity index (χ3n) is 2.14. The minimum atomic E-state index is -5.89. The van der Waals surface area contributed by atoms with Gasteiger partial charge in [-0.3, -0.25) is 0 Å². The zero-order valence-electron chi connectivity index (χ0n) is 8.20. The largest absolute Gasteiger partial charge is 0.430 e. The normalized spacial score (nSPS) is 13.8. The van der Waals surface area contributed by atoms with Crippen LogP contribution in [-0.2, 0) is 5.60 Å². The maximum Gasteiger partial charge on any atom is 0.430 e. The first-order valence-electron chi connectivity index (χ1n) is 4.22. The summed E-state index contributed by atoms with van der Waals surface area (Å²) in [6.07, 6.45) is -11.8. The predicted octanol–water partition coefficient (Wildman–Crippen LogP) is 4.52. The predicted molar refractivity (Wildman–Crippen MR) is 57.8 cm³/mol. The van der Waals surface area contributed by atoms with Gasteiger partial charge in [0, 0.05) is 14.5 Å². The van der Waals surface area contributed by atoms with E-state index in [4.69, 9.17) is 5.11 Å². The Balaban J connectivity index is 3.61. The van der Waals surface area contributed by atoms with Gasteiger partial charge in [0.15, 0.2) is 0 Å². The van der Waals surface area contributed by atoms with Gasteiger partial charge in [0.2, 0.25) is 0 Å². The van der Waals surface area contributed by atoms with Crippen molar-refractivity contribution >= 4 is 31.9 Å². The molecule has 1 N–H and O–H groups in total. The molecular weight excluding hydrogens is 398 g/mol. The van der Waals surface area contributed by atoms with Crippen LogP contribution in [0, 0.1) is 0 Å². The van der Waals surface area contributed by atoms with Crippen LogP contribution in [-0.4, -0.2) is 17.5 Å². The van der Waals surface area contributed by atoms with E-state index in [1.807, 2.05) is 0 Å². The molecule has 0 aliphatic rings. The van der Waals surface area contributed by atoms with Gasteiger partial charge < -0.3 is 5.11 Å². The van der Waals surface area contributed by atoms with Crippen LogP contribution in [0.1, 0.15) is 5.56 Å². The van der Waals surface area contributed by atoms with Crippen molar-refractivity contribution in [1.29, 1.82) is 0 Å². The van der Waals surface area contributed by atoms with Crippen molar-refractivity contribution in [3.05, 3.63) is 32.7 Å². The molecule has 0 saturated heterocycles. The Morgan fingerprint density at radius 1 is 0.889 bits per heavy atom. The van der Waals surface area contributed by atoms with E-state index in [1.165, 1.54) is 6.07 Å². The van der Waals surface area contributed by atoms with E-state index in [0.717, 1.165) is 6.07 Å².